The van der Waals surface area contributed by atoms with Crippen molar-refractivity contribution >= 4 is 11.4 Å². The number of anilines is 1. The van der Waals surface area contributed by atoms with Crippen LogP contribution in [0.2, 0.25) is 0 Å². The van der Waals surface area contributed by atoms with Gasteiger partial charge in [0.25, 0.3) is 11.2 Å². The second-order valence-corrected chi connectivity index (χ2v) is 8.70. The van der Waals surface area contributed by atoms with Crippen molar-refractivity contribution in [2.75, 3.05) is 38.3 Å². The van der Waals surface area contributed by atoms with Gasteiger partial charge in [-0.3, -0.25) is 14.9 Å². The monoisotopic (exact) mass is 498 g/mol. The Hall–Kier alpha value is -4.50. The highest BCUT2D eigenvalue weighted by Crippen LogP contribution is 2.29. The van der Waals surface area contributed by atoms with Gasteiger partial charge in [-0.05, 0) is 35.9 Å². The number of hydrogen-bond acceptors (Lipinski definition) is 7. The van der Waals surface area contributed by atoms with E-state index in [9.17, 15) is 14.9 Å². The lowest BCUT2D eigenvalue weighted by molar-refractivity contribution is -0.384. The predicted molar refractivity (Wildman–Crippen MR) is 141 cm³/mol. The smallest absolute Gasteiger partial charge is 0.295 e. The second-order valence-electron chi connectivity index (χ2n) is 8.70. The van der Waals surface area contributed by atoms with Gasteiger partial charge in [0.1, 0.15) is 11.4 Å². The molecule has 0 bridgehead atoms. The van der Waals surface area contributed by atoms with E-state index in [2.05, 4.69) is 10.00 Å². The highest BCUT2D eigenvalue weighted by atomic mass is 16.6. The first-order valence-corrected chi connectivity index (χ1v) is 12.0. The molecule has 1 aliphatic heterocycles. The van der Waals surface area contributed by atoms with Crippen LogP contribution in [-0.4, -0.2) is 48.1 Å². The van der Waals surface area contributed by atoms with Gasteiger partial charge >= 0.3 is 0 Å². The van der Waals surface area contributed by atoms with Gasteiger partial charge in [0.05, 0.1) is 30.9 Å². The topological polar surface area (TPSA) is 99.7 Å². The molecule has 0 unspecified atom stereocenters. The lowest BCUT2D eigenvalue weighted by atomic mass is 10.0. The Morgan fingerprint density at radius 3 is 2.51 bits per heavy atom. The average molecular weight is 499 g/mol. The van der Waals surface area contributed by atoms with E-state index in [1.54, 1.807) is 25.3 Å². The van der Waals surface area contributed by atoms with Gasteiger partial charge in [-0.2, -0.15) is 9.78 Å². The van der Waals surface area contributed by atoms with E-state index >= 15 is 0 Å². The fourth-order valence-electron chi connectivity index (χ4n) is 4.43. The molecule has 9 heteroatoms. The first-order chi connectivity index (χ1) is 18.0. The summed E-state index contributed by atoms with van der Waals surface area (Å²) in [5.41, 5.74) is 2.96. The maximum Gasteiger partial charge on any atom is 0.295 e. The summed E-state index contributed by atoms with van der Waals surface area (Å²) in [6.07, 6.45) is 0.357. The summed E-state index contributed by atoms with van der Waals surface area (Å²) < 4.78 is 12.0. The number of nitro benzene ring substituents is 1. The van der Waals surface area contributed by atoms with Crippen molar-refractivity contribution < 1.29 is 14.4 Å². The summed E-state index contributed by atoms with van der Waals surface area (Å²) in [7, 11) is 1.58. The van der Waals surface area contributed by atoms with Crippen LogP contribution in [-0.2, 0) is 11.2 Å². The van der Waals surface area contributed by atoms with E-state index in [-0.39, 0.29) is 11.4 Å². The van der Waals surface area contributed by atoms with Crippen LogP contribution in [0.15, 0.2) is 83.7 Å². The molecule has 0 aliphatic carbocycles. The van der Waals surface area contributed by atoms with Crippen LogP contribution in [0.5, 0.6) is 5.75 Å². The number of rotatable bonds is 7. The van der Waals surface area contributed by atoms with Crippen molar-refractivity contribution in [3.8, 4) is 22.7 Å². The zero-order valence-corrected chi connectivity index (χ0v) is 20.4. The Balaban J connectivity index is 1.71. The lowest BCUT2D eigenvalue weighted by Gasteiger charge is -2.29. The molecule has 188 valence electrons. The Morgan fingerprint density at radius 1 is 1.00 bits per heavy atom. The summed E-state index contributed by atoms with van der Waals surface area (Å²) in [5.74, 6) is 0.641. The summed E-state index contributed by atoms with van der Waals surface area (Å²) in [6.45, 7) is 2.44. The molecule has 0 radical (unpaired) electrons. The highest BCUT2D eigenvalue weighted by molar-refractivity contribution is 5.65. The molecule has 1 saturated heterocycles. The Morgan fingerprint density at radius 2 is 1.78 bits per heavy atom. The largest absolute Gasteiger partial charge is 0.497 e. The molecule has 0 atom stereocenters. The van der Waals surface area contributed by atoms with Crippen molar-refractivity contribution in [1.29, 1.82) is 0 Å². The Kier molecular flexibility index (Phi) is 6.96. The molecule has 0 saturated carbocycles. The summed E-state index contributed by atoms with van der Waals surface area (Å²) >= 11 is 0. The zero-order chi connectivity index (χ0) is 25.8. The molecule has 0 amide bonds. The van der Waals surface area contributed by atoms with Crippen LogP contribution in [0.4, 0.5) is 11.4 Å². The molecule has 1 fully saturated rings. The molecule has 2 heterocycles. The third-order valence-corrected chi connectivity index (χ3v) is 6.35. The molecule has 37 heavy (non-hydrogen) atoms. The number of nitrogens with zero attached hydrogens (tertiary/aromatic N) is 4. The fraction of sp³-hybridized carbons (Fsp3) is 0.214. The average Bonchev–Trinajstić information content (AvgIpc) is 2.95. The van der Waals surface area contributed by atoms with E-state index < -0.39 is 10.5 Å². The SMILES string of the molecule is COc1cccc(-c2cc(Cc3ccccc3)c(=O)n(-c3cc(N4CCOCC4)ccc3[N+](=O)[O-])n2)c1. The van der Waals surface area contributed by atoms with Crippen LogP contribution in [0.1, 0.15) is 11.1 Å². The highest BCUT2D eigenvalue weighted by Gasteiger charge is 2.23. The molecule has 4 aromatic rings. The third-order valence-electron chi connectivity index (χ3n) is 6.35. The number of aromatic nitrogens is 2. The summed E-state index contributed by atoms with van der Waals surface area (Å²) in [5, 5.41) is 16.6. The van der Waals surface area contributed by atoms with Crippen molar-refractivity contribution in [2.24, 2.45) is 0 Å². The molecular formula is C28H26N4O5. The molecule has 9 nitrogen and oxygen atoms in total. The van der Waals surface area contributed by atoms with Crippen molar-refractivity contribution in [2.45, 2.75) is 6.42 Å². The molecule has 0 N–H and O–H groups in total. The lowest BCUT2D eigenvalue weighted by Crippen LogP contribution is -2.36. The van der Waals surface area contributed by atoms with Gasteiger partial charge in [0.15, 0.2) is 0 Å². The minimum Gasteiger partial charge on any atom is -0.497 e. The van der Waals surface area contributed by atoms with Crippen molar-refractivity contribution in [1.82, 2.24) is 9.78 Å². The van der Waals surface area contributed by atoms with E-state index in [4.69, 9.17) is 9.47 Å². The number of morpholine rings is 1. The minimum absolute atomic E-state index is 0.123. The predicted octanol–water partition coefficient (Wildman–Crippen LogP) is 4.24. The number of hydrogen-bond donors (Lipinski definition) is 0. The quantitative estimate of drug-likeness (QED) is 0.277. The van der Waals surface area contributed by atoms with Crippen LogP contribution < -0.4 is 15.2 Å². The van der Waals surface area contributed by atoms with Crippen LogP contribution >= 0.6 is 0 Å². The van der Waals surface area contributed by atoms with Crippen molar-refractivity contribution in [3.63, 3.8) is 0 Å². The number of nitro groups is 1. The number of benzene rings is 3. The third kappa shape index (κ3) is 5.22. The molecule has 0 spiro atoms. The molecule has 1 aliphatic rings. The fourth-order valence-corrected chi connectivity index (χ4v) is 4.43. The normalized spacial score (nSPS) is 13.4. The number of ether oxygens (including phenoxy) is 2. The summed E-state index contributed by atoms with van der Waals surface area (Å²) in [4.78, 5) is 27.4. The zero-order valence-electron chi connectivity index (χ0n) is 20.4. The molecule has 3 aromatic carbocycles. The first kappa shape index (κ1) is 24.2. The van der Waals surface area contributed by atoms with Crippen LogP contribution in [0.25, 0.3) is 16.9 Å². The maximum absolute atomic E-state index is 13.8. The minimum atomic E-state index is -0.484. The summed E-state index contributed by atoms with van der Waals surface area (Å²) in [6, 6.07) is 23.5. The van der Waals surface area contributed by atoms with Gasteiger partial charge in [-0.15, -0.1) is 0 Å². The van der Waals surface area contributed by atoms with Gasteiger partial charge in [0.2, 0.25) is 0 Å². The van der Waals surface area contributed by atoms with E-state index in [1.807, 2.05) is 54.6 Å². The van der Waals surface area contributed by atoms with Gasteiger partial charge in [-0.1, -0.05) is 42.5 Å². The second kappa shape index (κ2) is 10.6. The molecular weight excluding hydrogens is 472 g/mol. The Bertz CT molecular complexity index is 1480. The Labute approximate surface area is 213 Å². The maximum atomic E-state index is 13.8. The van der Waals surface area contributed by atoms with E-state index in [0.29, 0.717) is 49.7 Å². The van der Waals surface area contributed by atoms with E-state index in [1.165, 1.54) is 6.07 Å². The van der Waals surface area contributed by atoms with Gasteiger partial charge in [-0.25, -0.2) is 0 Å². The van der Waals surface area contributed by atoms with Gasteiger partial charge in [0, 0.05) is 42.4 Å². The number of methoxy groups -OCH3 is 1. The van der Waals surface area contributed by atoms with Gasteiger partial charge < -0.3 is 14.4 Å². The first-order valence-electron chi connectivity index (χ1n) is 12.0. The van der Waals surface area contributed by atoms with Crippen LogP contribution in [0, 0.1) is 10.1 Å². The standard InChI is InChI=1S/C28H26N4O5/c1-36-24-9-5-8-21(17-24)25-18-22(16-20-6-3-2-4-7-20)28(33)31(29-25)27-19-23(10-11-26(27)32(34)35)30-12-14-37-15-13-30/h2-11,17-19H,12-16H2,1H3. The van der Waals surface area contributed by atoms with Crippen LogP contribution in [0.3, 0.4) is 0 Å². The molecule has 5 rings (SSSR count). The molecule has 1 aromatic heterocycles. The van der Waals surface area contributed by atoms with E-state index in [0.717, 1.165) is 21.5 Å². The van der Waals surface area contributed by atoms with Crippen molar-refractivity contribution in [3.05, 3.63) is 110 Å².